The third kappa shape index (κ3) is 3.31. The predicted octanol–water partition coefficient (Wildman–Crippen LogP) is 3.61. The lowest BCUT2D eigenvalue weighted by molar-refractivity contribution is -0.385. The maximum absolute atomic E-state index is 14.4. The van der Waals surface area contributed by atoms with Crippen LogP contribution in [-0.4, -0.2) is 24.6 Å². The van der Waals surface area contributed by atoms with Crippen molar-refractivity contribution in [2.45, 2.75) is 19.3 Å². The number of hydrogen-bond acceptors (Lipinski definition) is 5. The Hall–Kier alpha value is -2.96. The predicted molar refractivity (Wildman–Crippen MR) is 89.1 cm³/mol. The number of ether oxygens (including phenoxy) is 2. The summed E-state index contributed by atoms with van der Waals surface area (Å²) in [4.78, 5) is 23.4. The number of nitrogens with zero attached hydrogens (tertiary/aromatic N) is 1. The van der Waals surface area contributed by atoms with Crippen molar-refractivity contribution in [1.29, 1.82) is 0 Å². The highest BCUT2D eigenvalue weighted by molar-refractivity contribution is 5.89. The zero-order valence-electron chi connectivity index (χ0n) is 14.1. The van der Waals surface area contributed by atoms with Crippen molar-refractivity contribution in [1.82, 2.24) is 0 Å². The van der Waals surface area contributed by atoms with E-state index in [1.165, 1.54) is 43.3 Å². The molecule has 0 aromatic heterocycles. The minimum atomic E-state index is -1.71. The Kier molecular flexibility index (Phi) is 5.36. The lowest BCUT2D eigenvalue weighted by Crippen LogP contribution is -2.36. The number of esters is 1. The summed E-state index contributed by atoms with van der Waals surface area (Å²) in [7, 11) is 1.15. The second-order valence-corrected chi connectivity index (χ2v) is 5.47. The van der Waals surface area contributed by atoms with Crippen LogP contribution in [0.3, 0.4) is 0 Å². The van der Waals surface area contributed by atoms with E-state index in [0.717, 1.165) is 7.11 Å². The number of nitro groups is 1. The molecule has 7 heteroatoms. The van der Waals surface area contributed by atoms with Gasteiger partial charge in [0.1, 0.15) is 17.0 Å². The smallest absolute Gasteiger partial charge is 0.320 e. The Balaban J connectivity index is 2.82. The van der Waals surface area contributed by atoms with Crippen molar-refractivity contribution in [2.75, 3.05) is 13.7 Å². The summed E-state index contributed by atoms with van der Waals surface area (Å²) in [6, 6.07) is 9.68. The second kappa shape index (κ2) is 7.29. The molecular weight excluding hydrogens is 329 g/mol. The van der Waals surface area contributed by atoms with E-state index >= 15 is 0 Å². The molecular formula is C18H18FNO5. The summed E-state index contributed by atoms with van der Waals surface area (Å²) >= 11 is 0. The number of rotatable bonds is 6. The summed E-state index contributed by atoms with van der Waals surface area (Å²) in [6.45, 7) is 3.50. The number of halogens is 1. The fraction of sp³-hybridized carbons (Fsp3) is 0.278. The first-order valence-electron chi connectivity index (χ1n) is 7.61. The normalized spacial score (nSPS) is 13.0. The number of benzene rings is 2. The van der Waals surface area contributed by atoms with Crippen LogP contribution in [0.15, 0.2) is 42.5 Å². The highest BCUT2D eigenvalue weighted by Crippen LogP contribution is 2.41. The Bertz CT molecular complexity index is 808. The molecule has 1 atom stereocenters. The largest absolute Gasteiger partial charge is 0.494 e. The van der Waals surface area contributed by atoms with Crippen molar-refractivity contribution in [3.05, 3.63) is 69.5 Å². The van der Waals surface area contributed by atoms with Gasteiger partial charge in [0.25, 0.3) is 5.69 Å². The maximum Gasteiger partial charge on any atom is 0.320 e. The van der Waals surface area contributed by atoms with Crippen LogP contribution in [0.2, 0.25) is 0 Å². The van der Waals surface area contributed by atoms with Gasteiger partial charge in [0, 0.05) is 11.6 Å². The molecule has 0 N–H and O–H groups in total. The molecule has 0 saturated carbocycles. The summed E-state index contributed by atoms with van der Waals surface area (Å²) in [5, 5.41) is 11.5. The van der Waals surface area contributed by atoms with Gasteiger partial charge in [-0.15, -0.1) is 0 Å². The molecule has 0 radical (unpaired) electrons. The Morgan fingerprint density at radius 3 is 2.48 bits per heavy atom. The van der Waals surface area contributed by atoms with Gasteiger partial charge >= 0.3 is 5.97 Å². The SMILES string of the molecule is CCOc1ccc([N+](=O)[O-])c(C(C)(C(=O)OC)c2ccccc2F)c1. The molecule has 0 fully saturated rings. The molecule has 0 aliphatic rings. The number of carbonyl (C=O) groups excluding carboxylic acids is 1. The average Bonchev–Trinajstić information content (AvgIpc) is 2.60. The zero-order valence-corrected chi connectivity index (χ0v) is 14.1. The van der Waals surface area contributed by atoms with Gasteiger partial charge in [-0.2, -0.15) is 0 Å². The van der Waals surface area contributed by atoms with E-state index < -0.39 is 22.1 Å². The molecule has 132 valence electrons. The average molecular weight is 347 g/mol. The van der Waals surface area contributed by atoms with E-state index in [0.29, 0.717) is 12.4 Å². The molecule has 1 unspecified atom stereocenters. The third-order valence-electron chi connectivity index (χ3n) is 4.02. The van der Waals surface area contributed by atoms with Crippen LogP contribution in [0.25, 0.3) is 0 Å². The summed E-state index contributed by atoms with van der Waals surface area (Å²) in [5.74, 6) is -1.13. The van der Waals surface area contributed by atoms with Crippen molar-refractivity contribution in [3.8, 4) is 5.75 Å². The van der Waals surface area contributed by atoms with Crippen molar-refractivity contribution < 1.29 is 23.6 Å². The number of carbonyl (C=O) groups is 1. The van der Waals surface area contributed by atoms with Crippen molar-refractivity contribution in [2.24, 2.45) is 0 Å². The van der Waals surface area contributed by atoms with Crippen LogP contribution in [0.1, 0.15) is 25.0 Å². The highest BCUT2D eigenvalue weighted by atomic mass is 19.1. The van der Waals surface area contributed by atoms with Gasteiger partial charge in [-0.25, -0.2) is 4.39 Å². The fourth-order valence-corrected chi connectivity index (χ4v) is 2.77. The van der Waals surface area contributed by atoms with Gasteiger partial charge in [-0.1, -0.05) is 18.2 Å². The minimum Gasteiger partial charge on any atom is -0.494 e. The van der Waals surface area contributed by atoms with E-state index in [1.54, 1.807) is 13.0 Å². The van der Waals surface area contributed by atoms with E-state index in [1.807, 2.05) is 0 Å². The first-order valence-corrected chi connectivity index (χ1v) is 7.61. The molecule has 6 nitrogen and oxygen atoms in total. The van der Waals surface area contributed by atoms with E-state index in [9.17, 15) is 19.3 Å². The molecule has 0 saturated heterocycles. The monoisotopic (exact) mass is 347 g/mol. The zero-order chi connectivity index (χ0) is 18.6. The first-order chi connectivity index (χ1) is 11.9. The quantitative estimate of drug-likeness (QED) is 0.453. The van der Waals surface area contributed by atoms with Crippen LogP contribution >= 0.6 is 0 Å². The van der Waals surface area contributed by atoms with Crippen molar-refractivity contribution >= 4 is 11.7 Å². The molecule has 25 heavy (non-hydrogen) atoms. The Labute approximate surface area is 144 Å². The van der Waals surface area contributed by atoms with Gasteiger partial charge < -0.3 is 9.47 Å². The second-order valence-electron chi connectivity index (χ2n) is 5.47. The topological polar surface area (TPSA) is 78.7 Å². The number of hydrogen-bond donors (Lipinski definition) is 0. The van der Waals surface area contributed by atoms with Crippen LogP contribution in [-0.2, 0) is 14.9 Å². The molecule has 0 bridgehead atoms. The maximum atomic E-state index is 14.4. The summed E-state index contributed by atoms with van der Waals surface area (Å²) < 4.78 is 24.7. The van der Waals surface area contributed by atoms with Crippen LogP contribution < -0.4 is 4.74 Å². The first kappa shape index (κ1) is 18.4. The number of methoxy groups -OCH3 is 1. The Morgan fingerprint density at radius 1 is 1.24 bits per heavy atom. The van der Waals surface area contributed by atoms with E-state index in [-0.39, 0.29) is 16.8 Å². The molecule has 0 aliphatic heterocycles. The van der Waals surface area contributed by atoms with Crippen LogP contribution in [0, 0.1) is 15.9 Å². The van der Waals surface area contributed by atoms with Crippen LogP contribution in [0.4, 0.5) is 10.1 Å². The standard InChI is InChI=1S/C18H18FNO5/c1-4-25-12-9-10-16(20(22)23)14(11-12)18(2,17(21)24-3)13-7-5-6-8-15(13)19/h5-11H,4H2,1-3H3. The third-order valence-corrected chi connectivity index (χ3v) is 4.02. The lowest BCUT2D eigenvalue weighted by atomic mass is 9.75. The van der Waals surface area contributed by atoms with E-state index in [2.05, 4.69) is 0 Å². The van der Waals surface area contributed by atoms with Gasteiger partial charge in [0.15, 0.2) is 0 Å². The van der Waals surface area contributed by atoms with E-state index in [4.69, 9.17) is 9.47 Å². The molecule has 2 aromatic rings. The Morgan fingerprint density at radius 2 is 1.92 bits per heavy atom. The summed E-state index contributed by atoms with van der Waals surface area (Å²) in [5.41, 5.74) is -2.05. The number of nitro benzene ring substituents is 1. The molecule has 0 amide bonds. The van der Waals surface area contributed by atoms with Gasteiger partial charge in [-0.05, 0) is 32.0 Å². The lowest BCUT2D eigenvalue weighted by Gasteiger charge is -2.28. The van der Waals surface area contributed by atoms with Gasteiger partial charge in [0.05, 0.1) is 24.2 Å². The summed E-state index contributed by atoms with van der Waals surface area (Å²) in [6.07, 6.45) is 0. The van der Waals surface area contributed by atoms with Crippen molar-refractivity contribution in [3.63, 3.8) is 0 Å². The minimum absolute atomic E-state index is 0.000370. The van der Waals surface area contributed by atoms with Crippen LogP contribution in [0.5, 0.6) is 5.75 Å². The molecule has 0 aliphatic carbocycles. The molecule has 2 aromatic carbocycles. The highest BCUT2D eigenvalue weighted by Gasteiger charge is 2.45. The van der Waals surface area contributed by atoms with Gasteiger partial charge in [-0.3, -0.25) is 14.9 Å². The fourth-order valence-electron chi connectivity index (χ4n) is 2.77. The molecule has 2 rings (SSSR count). The van der Waals surface area contributed by atoms with Gasteiger partial charge in [0.2, 0.25) is 0 Å². The molecule has 0 spiro atoms. The molecule has 0 heterocycles.